The number of hydrogen-bond acceptors (Lipinski definition) is 7. The lowest BCUT2D eigenvalue weighted by Gasteiger charge is -2.36. The molecule has 0 spiro atoms. The zero-order chi connectivity index (χ0) is 21.2. The first-order valence-corrected chi connectivity index (χ1v) is 10.0. The number of nitrogens with one attached hydrogen (secondary N) is 2. The molecule has 162 valence electrons. The van der Waals surface area contributed by atoms with Crippen molar-refractivity contribution in [3.05, 3.63) is 54.5 Å². The molecule has 9 heteroatoms. The third-order valence-corrected chi connectivity index (χ3v) is 4.68. The minimum Gasteiger partial charge on any atom is -0.405 e. The number of nitrogens with zero attached hydrogens (tertiary/aromatic N) is 5. The highest BCUT2D eigenvalue weighted by Crippen LogP contribution is 2.19. The van der Waals surface area contributed by atoms with E-state index in [0.717, 1.165) is 44.0 Å². The Hall–Kier alpha value is -3.46. The molecule has 2 amide bonds. The van der Waals surface area contributed by atoms with Gasteiger partial charge in [-0.3, -0.25) is 10.2 Å². The van der Waals surface area contributed by atoms with Crippen LogP contribution in [0.3, 0.4) is 0 Å². The van der Waals surface area contributed by atoms with Crippen molar-refractivity contribution in [3.8, 4) is 0 Å². The Balaban J connectivity index is 0.00000256. The van der Waals surface area contributed by atoms with Gasteiger partial charge >= 0.3 is 6.03 Å². The van der Waals surface area contributed by atoms with Crippen molar-refractivity contribution in [1.29, 1.82) is 0 Å². The fraction of sp³-hybridized carbons (Fsp3) is 0.333. The molecule has 30 heavy (non-hydrogen) atoms. The van der Waals surface area contributed by atoms with Gasteiger partial charge in [-0.25, -0.2) is 19.8 Å². The molecule has 2 aromatic rings. The SMILES string of the molecule is CCNC(=O)Nc1cc(CN2CCN(c3ccc(N=C/C=C\N)nc3)CC2)ccn1.[HH].[HH]. The smallest absolute Gasteiger partial charge is 0.320 e. The van der Waals surface area contributed by atoms with Crippen LogP contribution < -0.4 is 21.3 Å². The Kier molecular flexibility index (Phi) is 7.73. The quantitative estimate of drug-likeness (QED) is 0.603. The monoisotopic (exact) mass is 412 g/mol. The van der Waals surface area contributed by atoms with Crippen molar-refractivity contribution in [2.75, 3.05) is 42.9 Å². The lowest BCUT2D eigenvalue weighted by atomic mass is 10.2. The van der Waals surface area contributed by atoms with Gasteiger partial charge in [-0.15, -0.1) is 0 Å². The van der Waals surface area contributed by atoms with Gasteiger partial charge in [0.25, 0.3) is 0 Å². The van der Waals surface area contributed by atoms with Crippen LogP contribution in [0.15, 0.2) is 53.9 Å². The number of amides is 2. The summed E-state index contributed by atoms with van der Waals surface area (Å²) in [6, 6.07) is 7.62. The molecule has 0 radical (unpaired) electrons. The highest BCUT2D eigenvalue weighted by atomic mass is 16.2. The van der Waals surface area contributed by atoms with Gasteiger partial charge in [-0.1, -0.05) is 0 Å². The van der Waals surface area contributed by atoms with E-state index < -0.39 is 0 Å². The molecule has 4 N–H and O–H groups in total. The standard InChI is InChI=1S/C21H28N8O.2H2/c1-2-23-21(30)27-20-14-17(6-9-25-20)16-28-10-12-29(13-11-28)18-4-5-19(26-15-18)24-8-3-7-22;;/h3-9,14-15H,2,10-13,16,22H2,1H3,(H2,23,25,27,30);2*1H/b7-3-,24-8?;;. The van der Waals surface area contributed by atoms with Gasteiger partial charge in [0, 0.05) is 54.5 Å². The second-order valence-electron chi connectivity index (χ2n) is 6.83. The summed E-state index contributed by atoms with van der Waals surface area (Å²) in [6.45, 7) is 7.02. The van der Waals surface area contributed by atoms with Gasteiger partial charge < -0.3 is 16.0 Å². The van der Waals surface area contributed by atoms with Crippen molar-refractivity contribution >= 4 is 29.6 Å². The fourth-order valence-electron chi connectivity index (χ4n) is 3.20. The third kappa shape index (κ3) is 6.28. The number of nitrogens with two attached hydrogens (primary N) is 1. The molecule has 1 aliphatic rings. The highest BCUT2D eigenvalue weighted by molar-refractivity contribution is 5.88. The van der Waals surface area contributed by atoms with E-state index in [1.165, 1.54) is 6.20 Å². The maximum atomic E-state index is 11.7. The molecule has 1 saturated heterocycles. The molecule has 1 aliphatic heterocycles. The van der Waals surface area contributed by atoms with Gasteiger partial charge in [0.15, 0.2) is 5.82 Å². The zero-order valence-electron chi connectivity index (χ0n) is 17.2. The number of anilines is 2. The first-order chi connectivity index (χ1) is 14.7. The number of pyridine rings is 2. The summed E-state index contributed by atoms with van der Waals surface area (Å²) in [6.07, 6.45) is 8.31. The predicted octanol–water partition coefficient (Wildman–Crippen LogP) is 2.61. The number of aliphatic imine (C=N–C) groups is 1. The van der Waals surface area contributed by atoms with Crippen LogP contribution >= 0.6 is 0 Å². The first-order valence-electron chi connectivity index (χ1n) is 10.0. The van der Waals surface area contributed by atoms with E-state index in [1.807, 2.05) is 37.4 Å². The minimum atomic E-state index is -0.239. The van der Waals surface area contributed by atoms with Crippen molar-refractivity contribution < 1.29 is 7.65 Å². The van der Waals surface area contributed by atoms with Crippen molar-refractivity contribution in [3.63, 3.8) is 0 Å². The van der Waals surface area contributed by atoms with E-state index >= 15 is 0 Å². The highest BCUT2D eigenvalue weighted by Gasteiger charge is 2.18. The maximum Gasteiger partial charge on any atom is 0.320 e. The molecule has 3 heterocycles. The number of carbonyl (C=O) groups excluding carboxylic acids is 1. The fourth-order valence-corrected chi connectivity index (χ4v) is 3.20. The Bertz CT molecular complexity index is 884. The molecule has 3 rings (SSSR count). The van der Waals surface area contributed by atoms with Crippen LogP contribution in [0.2, 0.25) is 0 Å². The molecule has 0 aliphatic carbocycles. The minimum absolute atomic E-state index is 0. The van der Waals surface area contributed by atoms with E-state index in [9.17, 15) is 4.79 Å². The topological polar surface area (TPSA) is 112 Å². The molecule has 0 atom stereocenters. The van der Waals surface area contributed by atoms with E-state index in [2.05, 4.69) is 35.4 Å². The Morgan fingerprint density at radius 3 is 2.80 bits per heavy atom. The number of rotatable bonds is 7. The molecule has 0 saturated carbocycles. The predicted molar refractivity (Wildman–Crippen MR) is 124 cm³/mol. The molecule has 0 bridgehead atoms. The summed E-state index contributed by atoms with van der Waals surface area (Å²) in [5.41, 5.74) is 7.51. The van der Waals surface area contributed by atoms with Crippen molar-refractivity contribution in [1.82, 2.24) is 20.2 Å². The third-order valence-electron chi connectivity index (χ3n) is 4.68. The second kappa shape index (κ2) is 10.9. The number of hydrogen-bond donors (Lipinski definition) is 3. The molecular weight excluding hydrogens is 380 g/mol. The molecule has 1 fully saturated rings. The largest absolute Gasteiger partial charge is 0.405 e. The van der Waals surface area contributed by atoms with E-state index in [-0.39, 0.29) is 8.88 Å². The van der Waals surface area contributed by atoms with Gasteiger partial charge in [-0.2, -0.15) is 0 Å². The summed E-state index contributed by atoms with van der Waals surface area (Å²) >= 11 is 0. The van der Waals surface area contributed by atoms with Crippen LogP contribution in [0.1, 0.15) is 15.3 Å². The summed E-state index contributed by atoms with van der Waals surface area (Å²) < 4.78 is 0. The van der Waals surface area contributed by atoms with Gasteiger partial charge in [0.1, 0.15) is 5.82 Å². The first kappa shape index (κ1) is 21.3. The van der Waals surface area contributed by atoms with Crippen LogP contribution in [0.5, 0.6) is 0 Å². The Morgan fingerprint density at radius 1 is 1.27 bits per heavy atom. The number of carbonyl (C=O) groups is 1. The van der Waals surface area contributed by atoms with Gasteiger partial charge in [-0.05, 0) is 49.0 Å². The van der Waals surface area contributed by atoms with Crippen LogP contribution in [-0.4, -0.2) is 59.8 Å². The summed E-state index contributed by atoms with van der Waals surface area (Å²) in [5.74, 6) is 1.22. The molecule has 0 unspecified atom stereocenters. The lowest BCUT2D eigenvalue weighted by Crippen LogP contribution is -2.46. The van der Waals surface area contributed by atoms with E-state index in [1.54, 1.807) is 18.5 Å². The molecular formula is C21H32N8O. The Morgan fingerprint density at radius 2 is 2.10 bits per heavy atom. The van der Waals surface area contributed by atoms with Crippen LogP contribution in [-0.2, 0) is 6.54 Å². The summed E-state index contributed by atoms with van der Waals surface area (Å²) in [7, 11) is 0. The number of piperazine rings is 1. The van der Waals surface area contributed by atoms with E-state index in [4.69, 9.17) is 5.73 Å². The lowest BCUT2D eigenvalue weighted by molar-refractivity contribution is 0.249. The zero-order valence-corrected chi connectivity index (χ0v) is 17.2. The molecule has 0 aromatic carbocycles. The van der Waals surface area contributed by atoms with Gasteiger partial charge in [0.2, 0.25) is 0 Å². The number of aromatic nitrogens is 2. The van der Waals surface area contributed by atoms with E-state index in [0.29, 0.717) is 18.2 Å². The van der Waals surface area contributed by atoms with Gasteiger partial charge in [0.05, 0.1) is 11.9 Å². The average molecular weight is 413 g/mol. The summed E-state index contributed by atoms with van der Waals surface area (Å²) in [5, 5.41) is 5.46. The maximum absolute atomic E-state index is 11.7. The summed E-state index contributed by atoms with van der Waals surface area (Å²) in [4.78, 5) is 29.2. The Labute approximate surface area is 179 Å². The van der Waals surface area contributed by atoms with Crippen LogP contribution in [0, 0.1) is 0 Å². The number of allylic oxidation sites excluding steroid dienone is 1. The molecule has 2 aromatic heterocycles. The molecule has 9 nitrogen and oxygen atoms in total. The average Bonchev–Trinajstić information content (AvgIpc) is 2.75. The van der Waals surface area contributed by atoms with Crippen LogP contribution in [0.25, 0.3) is 0 Å². The second-order valence-corrected chi connectivity index (χ2v) is 6.83. The van der Waals surface area contributed by atoms with Crippen molar-refractivity contribution in [2.45, 2.75) is 13.5 Å². The number of urea groups is 1. The van der Waals surface area contributed by atoms with Crippen molar-refractivity contribution in [2.24, 2.45) is 10.7 Å². The van der Waals surface area contributed by atoms with Crippen LogP contribution in [0.4, 0.5) is 22.1 Å². The normalized spacial score (nSPS) is 15.0.